The molecule has 1 fully saturated rings. The van der Waals surface area contributed by atoms with Crippen molar-refractivity contribution in [3.8, 4) is 0 Å². The van der Waals surface area contributed by atoms with Crippen molar-refractivity contribution in [2.45, 2.75) is 19.8 Å². The zero-order valence-corrected chi connectivity index (χ0v) is 12.3. The molecule has 2 rings (SSSR count). The van der Waals surface area contributed by atoms with Crippen molar-refractivity contribution in [3.05, 3.63) is 18.1 Å². The summed E-state index contributed by atoms with van der Waals surface area (Å²) in [5.41, 5.74) is 0.267. The van der Waals surface area contributed by atoms with E-state index in [1.807, 2.05) is 0 Å². The average Bonchev–Trinajstić information content (AvgIpc) is 2.48. The predicted molar refractivity (Wildman–Crippen MR) is 76.7 cm³/mol. The lowest BCUT2D eigenvalue weighted by Crippen LogP contribution is -2.40. The van der Waals surface area contributed by atoms with Crippen LogP contribution in [-0.4, -0.2) is 54.6 Å². The van der Waals surface area contributed by atoms with Crippen molar-refractivity contribution in [2.75, 3.05) is 39.1 Å². The number of anilines is 1. The molecule has 0 aliphatic carbocycles. The van der Waals surface area contributed by atoms with Crippen LogP contribution < -0.4 is 5.32 Å². The minimum Gasteiger partial charge on any atom is -0.463 e. The van der Waals surface area contributed by atoms with Crippen molar-refractivity contribution in [1.82, 2.24) is 14.9 Å². The Morgan fingerprint density at radius 1 is 1.50 bits per heavy atom. The Kier molecular flexibility index (Phi) is 4.54. The van der Waals surface area contributed by atoms with E-state index >= 15 is 0 Å². The summed E-state index contributed by atoms with van der Waals surface area (Å²) < 4.78 is 4.62. The Labute approximate surface area is 119 Å². The van der Waals surface area contributed by atoms with Crippen LogP contribution in [0.5, 0.6) is 0 Å². The number of nitrogens with zero attached hydrogens (tertiary/aromatic N) is 3. The van der Waals surface area contributed by atoms with Crippen LogP contribution >= 0.6 is 0 Å². The number of ether oxygens (including phenoxy) is 1. The van der Waals surface area contributed by atoms with Gasteiger partial charge in [0.25, 0.3) is 0 Å². The maximum absolute atomic E-state index is 11.4. The van der Waals surface area contributed by atoms with E-state index in [1.54, 1.807) is 12.3 Å². The Morgan fingerprint density at radius 2 is 2.20 bits per heavy atom. The highest BCUT2D eigenvalue weighted by Gasteiger charge is 2.28. The fourth-order valence-electron chi connectivity index (χ4n) is 2.29. The van der Waals surface area contributed by atoms with Crippen LogP contribution in [0.2, 0.25) is 0 Å². The van der Waals surface area contributed by atoms with Gasteiger partial charge in [0.2, 0.25) is 5.82 Å². The molecule has 2 heterocycles. The van der Waals surface area contributed by atoms with Gasteiger partial charge < -0.3 is 15.0 Å². The van der Waals surface area contributed by atoms with Crippen LogP contribution in [0.1, 0.15) is 30.4 Å². The number of nitrogens with one attached hydrogen (secondary N) is 1. The molecule has 0 radical (unpaired) electrons. The summed E-state index contributed by atoms with van der Waals surface area (Å²) in [5.74, 6) is 0.241. The van der Waals surface area contributed by atoms with Gasteiger partial charge in [-0.25, -0.2) is 14.8 Å². The monoisotopic (exact) mass is 278 g/mol. The van der Waals surface area contributed by atoms with Crippen molar-refractivity contribution in [3.63, 3.8) is 0 Å². The number of methoxy groups -OCH3 is 1. The summed E-state index contributed by atoms with van der Waals surface area (Å²) in [6, 6.07) is 1.77. The van der Waals surface area contributed by atoms with Crippen LogP contribution in [0.4, 0.5) is 5.82 Å². The minimum atomic E-state index is -0.515. The second-order valence-electron chi connectivity index (χ2n) is 5.72. The first kappa shape index (κ1) is 14.7. The molecule has 6 nitrogen and oxygen atoms in total. The van der Waals surface area contributed by atoms with Gasteiger partial charge in [-0.05, 0) is 44.5 Å². The number of likely N-dealkylation sites (tertiary alicyclic amines) is 1. The van der Waals surface area contributed by atoms with Gasteiger partial charge in [-0.1, -0.05) is 6.92 Å². The molecule has 1 aromatic heterocycles. The highest BCUT2D eigenvalue weighted by Crippen LogP contribution is 2.30. The van der Waals surface area contributed by atoms with Gasteiger partial charge in [-0.3, -0.25) is 0 Å². The van der Waals surface area contributed by atoms with Gasteiger partial charge in [0.1, 0.15) is 5.82 Å². The summed E-state index contributed by atoms with van der Waals surface area (Å²) in [4.78, 5) is 21.8. The first-order valence-electron chi connectivity index (χ1n) is 6.86. The lowest BCUT2D eigenvalue weighted by atomic mass is 9.80. The molecule has 0 amide bonds. The quantitative estimate of drug-likeness (QED) is 0.840. The molecule has 0 unspecified atom stereocenters. The van der Waals surface area contributed by atoms with Crippen LogP contribution in [0, 0.1) is 5.41 Å². The molecule has 20 heavy (non-hydrogen) atoms. The first-order valence-corrected chi connectivity index (χ1v) is 6.86. The molecule has 110 valence electrons. The van der Waals surface area contributed by atoms with E-state index in [-0.39, 0.29) is 11.2 Å². The van der Waals surface area contributed by atoms with Gasteiger partial charge in [0.05, 0.1) is 7.11 Å². The third kappa shape index (κ3) is 3.66. The van der Waals surface area contributed by atoms with E-state index in [0.717, 1.165) is 32.5 Å². The van der Waals surface area contributed by atoms with Crippen LogP contribution in [0.15, 0.2) is 12.3 Å². The largest absolute Gasteiger partial charge is 0.463 e. The summed E-state index contributed by atoms with van der Waals surface area (Å²) >= 11 is 0. The molecule has 1 aromatic rings. The molecule has 6 heteroatoms. The van der Waals surface area contributed by atoms with E-state index < -0.39 is 5.97 Å². The lowest BCUT2D eigenvalue weighted by Gasteiger charge is -2.38. The maximum atomic E-state index is 11.4. The number of esters is 1. The third-order valence-corrected chi connectivity index (χ3v) is 3.91. The SMILES string of the molecule is COC(=O)c1nccc(NCC2(C)CCN(C)CC2)n1. The van der Waals surface area contributed by atoms with Gasteiger partial charge in [0.15, 0.2) is 0 Å². The fourth-order valence-corrected chi connectivity index (χ4v) is 2.29. The van der Waals surface area contributed by atoms with Crippen molar-refractivity contribution in [2.24, 2.45) is 5.41 Å². The first-order chi connectivity index (χ1) is 9.52. The summed E-state index contributed by atoms with van der Waals surface area (Å²) in [7, 11) is 3.48. The normalized spacial score (nSPS) is 18.6. The Morgan fingerprint density at radius 3 is 2.85 bits per heavy atom. The molecule has 1 aliphatic rings. The van der Waals surface area contributed by atoms with E-state index in [9.17, 15) is 4.79 Å². The van der Waals surface area contributed by atoms with Gasteiger partial charge >= 0.3 is 5.97 Å². The molecular formula is C14H22N4O2. The number of aromatic nitrogens is 2. The van der Waals surface area contributed by atoms with Crippen LogP contribution in [-0.2, 0) is 4.74 Å². The Bertz CT molecular complexity index is 470. The van der Waals surface area contributed by atoms with E-state index in [0.29, 0.717) is 5.82 Å². The summed E-state index contributed by atoms with van der Waals surface area (Å²) in [6.45, 7) is 5.37. The Balaban J connectivity index is 1.95. The average molecular weight is 278 g/mol. The number of piperidine rings is 1. The smallest absolute Gasteiger partial charge is 0.376 e. The van der Waals surface area contributed by atoms with Crippen LogP contribution in [0.3, 0.4) is 0 Å². The molecule has 1 saturated heterocycles. The topological polar surface area (TPSA) is 67.3 Å². The van der Waals surface area contributed by atoms with Crippen molar-refractivity contribution in [1.29, 1.82) is 0 Å². The number of carbonyl (C=O) groups is 1. The van der Waals surface area contributed by atoms with Crippen molar-refractivity contribution < 1.29 is 9.53 Å². The molecule has 0 saturated carbocycles. The Hall–Kier alpha value is -1.69. The molecule has 0 atom stereocenters. The van der Waals surface area contributed by atoms with Gasteiger partial charge in [0, 0.05) is 12.7 Å². The van der Waals surface area contributed by atoms with Crippen LogP contribution in [0.25, 0.3) is 0 Å². The number of hydrogen-bond acceptors (Lipinski definition) is 6. The molecular weight excluding hydrogens is 256 g/mol. The van der Waals surface area contributed by atoms with Gasteiger partial charge in [-0.15, -0.1) is 0 Å². The number of hydrogen-bond donors (Lipinski definition) is 1. The third-order valence-electron chi connectivity index (χ3n) is 3.91. The van der Waals surface area contributed by atoms with E-state index in [1.165, 1.54) is 7.11 Å². The molecule has 1 N–H and O–H groups in total. The minimum absolute atomic E-state index is 0.0889. The van der Waals surface area contributed by atoms with Gasteiger partial charge in [-0.2, -0.15) is 0 Å². The van der Waals surface area contributed by atoms with E-state index in [4.69, 9.17) is 0 Å². The zero-order chi connectivity index (χ0) is 14.6. The summed E-state index contributed by atoms with van der Waals surface area (Å²) in [6.07, 6.45) is 3.88. The second kappa shape index (κ2) is 6.17. The second-order valence-corrected chi connectivity index (χ2v) is 5.72. The zero-order valence-electron chi connectivity index (χ0n) is 12.3. The highest BCUT2D eigenvalue weighted by molar-refractivity contribution is 5.85. The van der Waals surface area contributed by atoms with E-state index in [2.05, 4.69) is 38.9 Å². The number of rotatable bonds is 4. The lowest BCUT2D eigenvalue weighted by molar-refractivity contribution is 0.0587. The molecule has 0 spiro atoms. The highest BCUT2D eigenvalue weighted by atomic mass is 16.5. The number of carbonyl (C=O) groups excluding carboxylic acids is 1. The predicted octanol–water partition coefficient (Wildman–Crippen LogP) is 1.41. The summed E-state index contributed by atoms with van der Waals surface area (Å²) in [5, 5.41) is 3.31. The molecule has 1 aliphatic heterocycles. The van der Waals surface area contributed by atoms with Crippen molar-refractivity contribution >= 4 is 11.8 Å². The molecule has 0 bridgehead atoms. The fraction of sp³-hybridized carbons (Fsp3) is 0.643. The standard InChI is InChI=1S/C14H22N4O2/c1-14(5-8-18(2)9-6-14)10-16-11-4-7-15-12(17-11)13(19)20-3/h4,7H,5-6,8-10H2,1-3H3,(H,15,16,17). The maximum Gasteiger partial charge on any atom is 0.376 e. The molecule has 0 aromatic carbocycles.